The first-order valence-electron chi connectivity index (χ1n) is 5.93. The van der Waals surface area contributed by atoms with Gasteiger partial charge >= 0.3 is 0 Å². The first-order valence-corrected chi connectivity index (χ1v) is 5.93. The standard InChI is InChI=1S/C12H17N5O/c1-3-13-8-10-4-6-11(7-5-10)18-9-12-14-16-17(2)15-12/h4-7,13H,3,8-9H2,1-2H3. The molecule has 0 saturated carbocycles. The molecule has 0 fully saturated rings. The van der Waals surface area contributed by atoms with Crippen molar-refractivity contribution in [3.05, 3.63) is 35.7 Å². The lowest BCUT2D eigenvalue weighted by molar-refractivity contribution is 0.295. The molecule has 6 heteroatoms. The molecule has 0 atom stereocenters. The van der Waals surface area contributed by atoms with Crippen LogP contribution < -0.4 is 10.1 Å². The molecular weight excluding hydrogens is 230 g/mol. The normalized spacial score (nSPS) is 10.6. The van der Waals surface area contributed by atoms with Gasteiger partial charge in [-0.15, -0.1) is 10.2 Å². The Balaban J connectivity index is 1.86. The van der Waals surface area contributed by atoms with E-state index >= 15 is 0 Å². The van der Waals surface area contributed by atoms with E-state index in [1.165, 1.54) is 10.4 Å². The summed E-state index contributed by atoms with van der Waals surface area (Å²) in [5, 5.41) is 14.9. The molecule has 2 rings (SSSR count). The molecular formula is C12H17N5O. The van der Waals surface area contributed by atoms with Gasteiger partial charge in [0, 0.05) is 6.54 Å². The molecule has 0 spiro atoms. The third-order valence-corrected chi connectivity index (χ3v) is 2.42. The van der Waals surface area contributed by atoms with E-state index in [4.69, 9.17) is 4.74 Å². The van der Waals surface area contributed by atoms with Gasteiger partial charge in [0.05, 0.1) is 7.05 Å². The number of tetrazole rings is 1. The lowest BCUT2D eigenvalue weighted by atomic mass is 10.2. The largest absolute Gasteiger partial charge is 0.485 e. The van der Waals surface area contributed by atoms with Crippen molar-refractivity contribution >= 4 is 0 Å². The van der Waals surface area contributed by atoms with Crippen molar-refractivity contribution in [1.29, 1.82) is 0 Å². The van der Waals surface area contributed by atoms with Crippen molar-refractivity contribution in [2.75, 3.05) is 6.54 Å². The van der Waals surface area contributed by atoms with Gasteiger partial charge in [-0.2, -0.15) is 4.80 Å². The maximum Gasteiger partial charge on any atom is 0.212 e. The van der Waals surface area contributed by atoms with Crippen LogP contribution in [0.5, 0.6) is 5.75 Å². The molecule has 1 N–H and O–H groups in total. The Morgan fingerprint density at radius 2 is 2.06 bits per heavy atom. The van der Waals surface area contributed by atoms with Gasteiger partial charge < -0.3 is 10.1 Å². The van der Waals surface area contributed by atoms with E-state index < -0.39 is 0 Å². The predicted octanol–water partition coefficient (Wildman–Crippen LogP) is 0.899. The Morgan fingerprint density at radius 3 is 2.67 bits per heavy atom. The Bertz CT molecular complexity index is 479. The summed E-state index contributed by atoms with van der Waals surface area (Å²) in [6.45, 7) is 4.27. The van der Waals surface area contributed by atoms with E-state index in [9.17, 15) is 0 Å². The highest BCUT2D eigenvalue weighted by Gasteiger charge is 2.01. The van der Waals surface area contributed by atoms with Crippen molar-refractivity contribution in [2.24, 2.45) is 7.05 Å². The van der Waals surface area contributed by atoms with Crippen LogP contribution in [0.1, 0.15) is 18.3 Å². The zero-order chi connectivity index (χ0) is 12.8. The van der Waals surface area contributed by atoms with Gasteiger partial charge in [0.15, 0.2) is 6.61 Å². The van der Waals surface area contributed by atoms with Crippen LogP contribution in [-0.2, 0) is 20.2 Å². The number of aryl methyl sites for hydroxylation is 1. The second kappa shape index (κ2) is 6.11. The van der Waals surface area contributed by atoms with E-state index in [1.54, 1.807) is 7.05 Å². The average molecular weight is 247 g/mol. The minimum absolute atomic E-state index is 0.334. The maximum absolute atomic E-state index is 5.57. The molecule has 1 heterocycles. The van der Waals surface area contributed by atoms with Crippen molar-refractivity contribution < 1.29 is 4.74 Å². The molecule has 0 amide bonds. The number of benzene rings is 1. The molecule has 2 aromatic rings. The van der Waals surface area contributed by atoms with E-state index in [-0.39, 0.29) is 0 Å². The molecule has 1 aromatic heterocycles. The average Bonchev–Trinajstić information content (AvgIpc) is 2.81. The van der Waals surface area contributed by atoms with E-state index in [2.05, 4.69) is 27.7 Å². The number of hydrogen-bond acceptors (Lipinski definition) is 5. The van der Waals surface area contributed by atoms with Gasteiger partial charge in [-0.25, -0.2) is 0 Å². The summed E-state index contributed by atoms with van der Waals surface area (Å²) in [6, 6.07) is 7.98. The predicted molar refractivity (Wildman–Crippen MR) is 67.0 cm³/mol. The fourth-order valence-corrected chi connectivity index (χ4v) is 1.50. The summed E-state index contributed by atoms with van der Waals surface area (Å²) in [4.78, 5) is 1.41. The van der Waals surface area contributed by atoms with Gasteiger partial charge in [0.2, 0.25) is 5.82 Å². The zero-order valence-electron chi connectivity index (χ0n) is 10.6. The van der Waals surface area contributed by atoms with Crippen LogP contribution in [-0.4, -0.2) is 26.8 Å². The number of aromatic nitrogens is 4. The van der Waals surface area contributed by atoms with E-state index in [1.807, 2.05) is 24.3 Å². The smallest absolute Gasteiger partial charge is 0.212 e. The maximum atomic E-state index is 5.57. The topological polar surface area (TPSA) is 64.9 Å². The molecule has 6 nitrogen and oxygen atoms in total. The minimum Gasteiger partial charge on any atom is -0.485 e. The third kappa shape index (κ3) is 3.53. The number of hydrogen-bond donors (Lipinski definition) is 1. The SMILES string of the molecule is CCNCc1ccc(OCc2nnn(C)n2)cc1. The lowest BCUT2D eigenvalue weighted by Gasteiger charge is -2.05. The highest BCUT2D eigenvalue weighted by atomic mass is 16.5. The van der Waals surface area contributed by atoms with E-state index in [0.29, 0.717) is 12.4 Å². The summed E-state index contributed by atoms with van der Waals surface area (Å²) in [5.41, 5.74) is 1.24. The van der Waals surface area contributed by atoms with Crippen LogP contribution in [0.4, 0.5) is 0 Å². The Morgan fingerprint density at radius 1 is 1.28 bits per heavy atom. The number of nitrogens with zero attached hydrogens (tertiary/aromatic N) is 4. The Kier molecular flexibility index (Phi) is 4.25. The monoisotopic (exact) mass is 247 g/mol. The van der Waals surface area contributed by atoms with Gasteiger partial charge in [-0.1, -0.05) is 19.1 Å². The zero-order valence-corrected chi connectivity index (χ0v) is 10.6. The van der Waals surface area contributed by atoms with Crippen molar-refractivity contribution in [3.63, 3.8) is 0 Å². The van der Waals surface area contributed by atoms with Gasteiger partial charge in [-0.3, -0.25) is 0 Å². The summed E-state index contributed by atoms with van der Waals surface area (Å²) < 4.78 is 5.57. The molecule has 0 aliphatic rings. The van der Waals surface area contributed by atoms with Gasteiger partial charge in [0.1, 0.15) is 5.75 Å². The van der Waals surface area contributed by atoms with Gasteiger partial charge in [0.25, 0.3) is 0 Å². The Labute approximate surface area is 106 Å². The number of rotatable bonds is 6. The van der Waals surface area contributed by atoms with Crippen LogP contribution in [0.2, 0.25) is 0 Å². The van der Waals surface area contributed by atoms with Crippen LogP contribution in [0, 0.1) is 0 Å². The molecule has 0 bridgehead atoms. The fourth-order valence-electron chi connectivity index (χ4n) is 1.50. The summed E-state index contributed by atoms with van der Waals surface area (Å²) in [5.74, 6) is 1.39. The quantitative estimate of drug-likeness (QED) is 0.821. The summed E-state index contributed by atoms with van der Waals surface area (Å²) in [7, 11) is 1.73. The lowest BCUT2D eigenvalue weighted by Crippen LogP contribution is -2.11. The highest BCUT2D eigenvalue weighted by Crippen LogP contribution is 2.13. The molecule has 1 aromatic carbocycles. The summed E-state index contributed by atoms with van der Waals surface area (Å²) >= 11 is 0. The second-order valence-corrected chi connectivity index (χ2v) is 3.91. The molecule has 0 aliphatic carbocycles. The van der Waals surface area contributed by atoms with Crippen LogP contribution in [0.3, 0.4) is 0 Å². The highest BCUT2D eigenvalue weighted by molar-refractivity contribution is 5.27. The molecule has 18 heavy (non-hydrogen) atoms. The molecule has 0 radical (unpaired) electrons. The molecule has 96 valence electrons. The molecule has 0 unspecified atom stereocenters. The minimum atomic E-state index is 0.334. The van der Waals surface area contributed by atoms with E-state index in [0.717, 1.165) is 18.8 Å². The summed E-state index contributed by atoms with van der Waals surface area (Å²) in [6.07, 6.45) is 0. The first-order chi connectivity index (χ1) is 8.78. The third-order valence-electron chi connectivity index (χ3n) is 2.42. The number of nitrogens with one attached hydrogen (secondary N) is 1. The Hall–Kier alpha value is -1.95. The first kappa shape index (κ1) is 12.5. The van der Waals surface area contributed by atoms with Crippen molar-refractivity contribution in [2.45, 2.75) is 20.1 Å². The van der Waals surface area contributed by atoms with Crippen LogP contribution >= 0.6 is 0 Å². The van der Waals surface area contributed by atoms with Crippen molar-refractivity contribution in [3.8, 4) is 5.75 Å². The van der Waals surface area contributed by atoms with Crippen molar-refractivity contribution in [1.82, 2.24) is 25.5 Å². The second-order valence-electron chi connectivity index (χ2n) is 3.91. The number of ether oxygens (including phenoxy) is 1. The van der Waals surface area contributed by atoms with Crippen LogP contribution in [0.15, 0.2) is 24.3 Å². The van der Waals surface area contributed by atoms with Crippen LogP contribution in [0.25, 0.3) is 0 Å². The van der Waals surface area contributed by atoms with Gasteiger partial charge in [-0.05, 0) is 29.5 Å². The molecule has 0 aliphatic heterocycles. The molecule has 0 saturated heterocycles. The fraction of sp³-hybridized carbons (Fsp3) is 0.417.